The molecule has 0 saturated carbocycles. The molecule has 0 aliphatic rings. The van der Waals surface area contributed by atoms with E-state index in [4.69, 9.17) is 9.84 Å². The van der Waals surface area contributed by atoms with Gasteiger partial charge >= 0.3 is 5.97 Å². The molecule has 0 spiro atoms. The molecule has 0 amide bonds. The van der Waals surface area contributed by atoms with Gasteiger partial charge < -0.3 is 20.3 Å². The van der Waals surface area contributed by atoms with E-state index in [0.717, 1.165) is 6.07 Å². The fraction of sp³-hybridized carbons (Fsp3) is 0.462. The van der Waals surface area contributed by atoms with Crippen LogP contribution in [0.4, 0.5) is 4.39 Å². The maximum absolute atomic E-state index is 13.5. The third-order valence-electron chi connectivity index (χ3n) is 2.76. The lowest BCUT2D eigenvalue weighted by Crippen LogP contribution is -2.36. The zero-order valence-electron chi connectivity index (χ0n) is 10.9. The van der Waals surface area contributed by atoms with Crippen LogP contribution >= 0.6 is 0 Å². The Morgan fingerprint density at radius 2 is 2.21 bits per heavy atom. The molecule has 0 fully saturated rings. The molecule has 106 valence electrons. The van der Waals surface area contributed by atoms with E-state index in [1.54, 1.807) is 6.92 Å². The molecular formula is C13H18FNO4. The number of aliphatic hydroxyl groups is 1. The lowest BCUT2D eigenvalue weighted by molar-refractivity contribution is -0.138. The average Bonchev–Trinajstić information content (AvgIpc) is 2.36. The Hall–Kier alpha value is -1.66. The van der Waals surface area contributed by atoms with Gasteiger partial charge in [-0.15, -0.1) is 0 Å². The van der Waals surface area contributed by atoms with Gasteiger partial charge in [-0.3, -0.25) is 4.79 Å². The second-order valence-electron chi connectivity index (χ2n) is 4.10. The Labute approximate surface area is 111 Å². The van der Waals surface area contributed by atoms with Crippen molar-refractivity contribution >= 4 is 5.97 Å². The minimum Gasteiger partial charge on any atom is -0.494 e. The largest absolute Gasteiger partial charge is 0.494 e. The van der Waals surface area contributed by atoms with Gasteiger partial charge in [0.1, 0.15) is 0 Å². The first kappa shape index (κ1) is 15.4. The highest BCUT2D eigenvalue weighted by molar-refractivity contribution is 5.67. The number of carboxylic acids is 1. The second kappa shape index (κ2) is 7.06. The number of benzene rings is 1. The smallest absolute Gasteiger partial charge is 0.305 e. The zero-order chi connectivity index (χ0) is 14.4. The number of aliphatic hydroxyl groups excluding tert-OH is 1. The standard InChI is InChI=1S/C13H18FNO4/c1-3-15-10(7-12(16)17)13(18)8-4-5-11(19-2)9(14)6-8/h4-6,10,13,15,18H,3,7H2,1-2H3,(H,16,17). The van der Waals surface area contributed by atoms with E-state index in [2.05, 4.69) is 5.32 Å². The first-order valence-electron chi connectivity index (χ1n) is 5.96. The van der Waals surface area contributed by atoms with Crippen LogP contribution in [0.25, 0.3) is 0 Å². The van der Waals surface area contributed by atoms with E-state index in [1.165, 1.54) is 19.2 Å². The van der Waals surface area contributed by atoms with Crippen molar-refractivity contribution in [3.8, 4) is 5.75 Å². The number of methoxy groups -OCH3 is 1. The molecule has 0 saturated heterocycles. The van der Waals surface area contributed by atoms with Crippen LogP contribution in [0.1, 0.15) is 25.0 Å². The highest BCUT2D eigenvalue weighted by atomic mass is 19.1. The van der Waals surface area contributed by atoms with Crippen LogP contribution in [-0.2, 0) is 4.79 Å². The van der Waals surface area contributed by atoms with Gasteiger partial charge in [-0.25, -0.2) is 4.39 Å². The first-order chi connectivity index (χ1) is 8.99. The van der Waals surface area contributed by atoms with Crippen LogP contribution in [0.5, 0.6) is 5.75 Å². The molecule has 0 radical (unpaired) electrons. The summed E-state index contributed by atoms with van der Waals surface area (Å²) in [5.41, 5.74) is 0.311. The summed E-state index contributed by atoms with van der Waals surface area (Å²) in [5.74, 6) is -1.54. The van der Waals surface area contributed by atoms with Crippen molar-refractivity contribution in [2.24, 2.45) is 0 Å². The van der Waals surface area contributed by atoms with Gasteiger partial charge in [-0.2, -0.15) is 0 Å². The average molecular weight is 271 g/mol. The Kier molecular flexibility index (Phi) is 5.72. The molecule has 2 atom stereocenters. The quantitative estimate of drug-likeness (QED) is 0.697. The van der Waals surface area contributed by atoms with Gasteiger partial charge in [0.05, 0.1) is 19.6 Å². The molecule has 19 heavy (non-hydrogen) atoms. The van der Waals surface area contributed by atoms with Gasteiger partial charge in [-0.05, 0) is 24.2 Å². The molecule has 3 N–H and O–H groups in total. The van der Waals surface area contributed by atoms with Crippen molar-refractivity contribution in [1.82, 2.24) is 5.32 Å². The maximum atomic E-state index is 13.5. The number of rotatable bonds is 7. The number of aliphatic carboxylic acids is 1. The van der Waals surface area contributed by atoms with E-state index in [1.807, 2.05) is 0 Å². The Morgan fingerprint density at radius 3 is 2.68 bits per heavy atom. The van der Waals surface area contributed by atoms with Gasteiger partial charge in [0.15, 0.2) is 11.6 Å². The molecule has 1 aromatic rings. The highest BCUT2D eigenvalue weighted by Crippen LogP contribution is 2.24. The van der Waals surface area contributed by atoms with Gasteiger partial charge in [0, 0.05) is 6.04 Å². The summed E-state index contributed by atoms with van der Waals surface area (Å²) in [7, 11) is 1.35. The molecule has 1 rings (SSSR count). The first-order valence-corrected chi connectivity index (χ1v) is 5.96. The third kappa shape index (κ3) is 4.18. The number of carboxylic acid groups (broad SMARTS) is 1. The normalized spacial score (nSPS) is 13.9. The summed E-state index contributed by atoms with van der Waals surface area (Å²) < 4.78 is 18.3. The van der Waals surface area contributed by atoms with Crippen LogP contribution in [-0.4, -0.2) is 35.9 Å². The lowest BCUT2D eigenvalue weighted by atomic mass is 9.99. The number of hydrogen-bond acceptors (Lipinski definition) is 4. The SMILES string of the molecule is CCNC(CC(=O)O)C(O)c1ccc(OC)c(F)c1. The van der Waals surface area contributed by atoms with Crippen LogP contribution in [0.15, 0.2) is 18.2 Å². The number of likely N-dealkylation sites (N-methyl/N-ethyl adjacent to an activating group) is 1. The molecule has 0 heterocycles. The van der Waals surface area contributed by atoms with Crippen molar-refractivity contribution in [2.45, 2.75) is 25.5 Å². The summed E-state index contributed by atoms with van der Waals surface area (Å²) in [4.78, 5) is 10.7. The van der Waals surface area contributed by atoms with Gasteiger partial charge in [-0.1, -0.05) is 13.0 Å². The minimum atomic E-state index is -1.10. The molecule has 1 aromatic carbocycles. The molecule has 0 bridgehead atoms. The number of carbonyl (C=O) groups is 1. The maximum Gasteiger partial charge on any atom is 0.305 e. The summed E-state index contributed by atoms with van der Waals surface area (Å²) in [5, 5.41) is 21.8. The van der Waals surface area contributed by atoms with Crippen molar-refractivity contribution in [2.75, 3.05) is 13.7 Å². The van der Waals surface area contributed by atoms with E-state index in [9.17, 15) is 14.3 Å². The second-order valence-corrected chi connectivity index (χ2v) is 4.10. The Bertz CT molecular complexity index is 439. The van der Waals surface area contributed by atoms with E-state index >= 15 is 0 Å². The van der Waals surface area contributed by atoms with Crippen molar-refractivity contribution in [1.29, 1.82) is 0 Å². The lowest BCUT2D eigenvalue weighted by Gasteiger charge is -2.22. The summed E-state index contributed by atoms with van der Waals surface area (Å²) in [6.45, 7) is 2.31. The number of hydrogen-bond donors (Lipinski definition) is 3. The minimum absolute atomic E-state index is 0.0779. The molecule has 0 aliphatic carbocycles. The Morgan fingerprint density at radius 1 is 1.53 bits per heavy atom. The van der Waals surface area contributed by atoms with Crippen LogP contribution in [0.2, 0.25) is 0 Å². The van der Waals surface area contributed by atoms with E-state index in [-0.39, 0.29) is 12.2 Å². The Balaban J connectivity index is 2.91. The van der Waals surface area contributed by atoms with Gasteiger partial charge in [0.25, 0.3) is 0 Å². The topological polar surface area (TPSA) is 78.8 Å². The van der Waals surface area contributed by atoms with Crippen molar-refractivity contribution < 1.29 is 24.1 Å². The number of ether oxygens (including phenoxy) is 1. The zero-order valence-corrected chi connectivity index (χ0v) is 10.9. The van der Waals surface area contributed by atoms with Crippen LogP contribution in [0.3, 0.4) is 0 Å². The highest BCUT2D eigenvalue weighted by Gasteiger charge is 2.23. The van der Waals surface area contributed by atoms with Crippen LogP contribution in [0, 0.1) is 5.82 Å². The van der Waals surface area contributed by atoms with E-state index < -0.39 is 23.9 Å². The summed E-state index contributed by atoms with van der Waals surface area (Å²) in [6, 6.07) is 3.39. The predicted octanol–water partition coefficient (Wildman–Crippen LogP) is 1.32. The van der Waals surface area contributed by atoms with E-state index in [0.29, 0.717) is 12.1 Å². The third-order valence-corrected chi connectivity index (χ3v) is 2.76. The van der Waals surface area contributed by atoms with Crippen molar-refractivity contribution in [3.05, 3.63) is 29.6 Å². The number of nitrogens with one attached hydrogen (secondary N) is 1. The fourth-order valence-corrected chi connectivity index (χ4v) is 1.84. The molecule has 5 nitrogen and oxygen atoms in total. The number of halogens is 1. The monoisotopic (exact) mass is 271 g/mol. The molecule has 6 heteroatoms. The fourth-order valence-electron chi connectivity index (χ4n) is 1.84. The summed E-state index contributed by atoms with van der Waals surface area (Å²) >= 11 is 0. The summed E-state index contributed by atoms with van der Waals surface area (Å²) in [6.07, 6.45) is -1.35. The predicted molar refractivity (Wildman–Crippen MR) is 67.6 cm³/mol. The molecule has 0 aromatic heterocycles. The molecule has 0 aliphatic heterocycles. The molecular weight excluding hydrogens is 253 g/mol. The van der Waals surface area contributed by atoms with Crippen LogP contribution < -0.4 is 10.1 Å². The molecule has 2 unspecified atom stereocenters. The van der Waals surface area contributed by atoms with Crippen molar-refractivity contribution in [3.63, 3.8) is 0 Å². The van der Waals surface area contributed by atoms with Gasteiger partial charge in [0.2, 0.25) is 0 Å².